The lowest BCUT2D eigenvalue weighted by molar-refractivity contribution is 0.0981. The SMILES string of the molecule is CCNC(=S)Nc1ccc(S(=O)(=O)NC(=O)c2ccccc2)cc1. The quantitative estimate of drug-likeness (QED) is 0.706. The maximum Gasteiger partial charge on any atom is 0.264 e. The molecule has 6 nitrogen and oxygen atoms in total. The third kappa shape index (κ3) is 4.77. The highest BCUT2D eigenvalue weighted by atomic mass is 32.2. The first-order valence-corrected chi connectivity index (χ1v) is 9.08. The Kier molecular flexibility index (Phi) is 5.88. The molecule has 2 aromatic carbocycles. The number of rotatable bonds is 5. The maximum atomic E-state index is 12.3. The molecular weight excluding hydrogens is 346 g/mol. The number of carbonyl (C=O) groups is 1. The van der Waals surface area contributed by atoms with Gasteiger partial charge in [-0.3, -0.25) is 4.79 Å². The monoisotopic (exact) mass is 363 g/mol. The molecule has 8 heteroatoms. The fraction of sp³-hybridized carbons (Fsp3) is 0.125. The number of anilines is 1. The van der Waals surface area contributed by atoms with Crippen molar-refractivity contribution in [1.82, 2.24) is 10.0 Å². The van der Waals surface area contributed by atoms with Crippen molar-refractivity contribution in [2.75, 3.05) is 11.9 Å². The maximum absolute atomic E-state index is 12.3. The highest BCUT2D eigenvalue weighted by Gasteiger charge is 2.18. The van der Waals surface area contributed by atoms with Crippen LogP contribution >= 0.6 is 12.2 Å². The minimum atomic E-state index is -3.94. The minimum Gasteiger partial charge on any atom is -0.363 e. The Hall–Kier alpha value is -2.45. The number of sulfonamides is 1. The van der Waals surface area contributed by atoms with Crippen molar-refractivity contribution in [1.29, 1.82) is 0 Å². The van der Waals surface area contributed by atoms with E-state index in [1.165, 1.54) is 12.1 Å². The van der Waals surface area contributed by atoms with E-state index in [1.807, 2.05) is 11.6 Å². The minimum absolute atomic E-state index is 0.00769. The standard InChI is InChI=1S/C16H17N3O3S2/c1-2-17-16(23)18-13-8-10-14(11-9-13)24(21,22)19-15(20)12-6-4-3-5-7-12/h3-11H,2H2,1H3,(H,19,20)(H2,17,18,23). The molecule has 3 N–H and O–H groups in total. The Morgan fingerprint density at radius 1 is 1.04 bits per heavy atom. The summed E-state index contributed by atoms with van der Waals surface area (Å²) in [6, 6.07) is 14.1. The lowest BCUT2D eigenvalue weighted by atomic mass is 10.2. The normalized spacial score (nSPS) is 10.7. The van der Waals surface area contributed by atoms with Crippen LogP contribution < -0.4 is 15.4 Å². The lowest BCUT2D eigenvalue weighted by Gasteiger charge is -2.10. The molecule has 0 fully saturated rings. The molecule has 0 unspecified atom stereocenters. The number of hydrogen-bond donors (Lipinski definition) is 3. The van der Waals surface area contributed by atoms with Crippen LogP contribution in [0.5, 0.6) is 0 Å². The molecule has 0 bridgehead atoms. The zero-order valence-electron chi connectivity index (χ0n) is 12.9. The van der Waals surface area contributed by atoms with E-state index in [0.717, 1.165) is 0 Å². The predicted octanol–water partition coefficient (Wildman–Crippen LogP) is 2.11. The van der Waals surface area contributed by atoms with Crippen LogP contribution in [-0.4, -0.2) is 26.0 Å². The Morgan fingerprint density at radius 3 is 2.25 bits per heavy atom. The summed E-state index contributed by atoms with van der Waals surface area (Å²) in [5, 5.41) is 6.30. The second-order valence-corrected chi connectivity index (χ2v) is 6.90. The average molecular weight is 363 g/mol. The number of nitrogens with one attached hydrogen (secondary N) is 3. The Morgan fingerprint density at radius 2 is 1.67 bits per heavy atom. The molecule has 126 valence electrons. The van der Waals surface area contributed by atoms with Crippen molar-refractivity contribution in [3.05, 3.63) is 60.2 Å². The van der Waals surface area contributed by atoms with Gasteiger partial charge in [-0.2, -0.15) is 0 Å². The van der Waals surface area contributed by atoms with Crippen molar-refractivity contribution in [3.63, 3.8) is 0 Å². The summed E-state index contributed by atoms with van der Waals surface area (Å²) in [5.41, 5.74) is 0.921. The van der Waals surface area contributed by atoms with Crippen molar-refractivity contribution in [3.8, 4) is 0 Å². The highest BCUT2D eigenvalue weighted by Crippen LogP contribution is 2.14. The van der Waals surface area contributed by atoms with E-state index < -0.39 is 15.9 Å². The van der Waals surface area contributed by atoms with Crippen LogP contribution in [0.2, 0.25) is 0 Å². The zero-order chi connectivity index (χ0) is 17.6. The molecule has 0 radical (unpaired) electrons. The number of carbonyl (C=O) groups excluding carboxylic acids is 1. The first-order valence-electron chi connectivity index (χ1n) is 7.19. The smallest absolute Gasteiger partial charge is 0.264 e. The van der Waals surface area contributed by atoms with Gasteiger partial charge in [0.05, 0.1) is 4.90 Å². The number of hydrogen-bond acceptors (Lipinski definition) is 4. The van der Waals surface area contributed by atoms with Gasteiger partial charge >= 0.3 is 0 Å². The van der Waals surface area contributed by atoms with Gasteiger partial charge in [-0.25, -0.2) is 13.1 Å². The molecule has 0 aliphatic heterocycles. The summed E-state index contributed by atoms with van der Waals surface area (Å²) in [6.07, 6.45) is 0. The van der Waals surface area contributed by atoms with Crippen LogP contribution in [0.1, 0.15) is 17.3 Å². The number of benzene rings is 2. The average Bonchev–Trinajstić information content (AvgIpc) is 2.56. The first kappa shape index (κ1) is 17.9. The molecule has 0 saturated carbocycles. The van der Waals surface area contributed by atoms with Gasteiger partial charge < -0.3 is 10.6 Å². The summed E-state index contributed by atoms with van der Waals surface area (Å²) in [5.74, 6) is -0.675. The fourth-order valence-electron chi connectivity index (χ4n) is 1.88. The van der Waals surface area contributed by atoms with Crippen LogP contribution in [0.15, 0.2) is 59.5 Å². The summed E-state index contributed by atoms with van der Waals surface area (Å²) in [6.45, 7) is 2.60. The van der Waals surface area contributed by atoms with E-state index in [0.29, 0.717) is 17.3 Å². The van der Waals surface area contributed by atoms with Gasteiger partial charge in [-0.05, 0) is 55.5 Å². The zero-order valence-corrected chi connectivity index (χ0v) is 14.6. The van der Waals surface area contributed by atoms with E-state index in [-0.39, 0.29) is 10.5 Å². The van der Waals surface area contributed by atoms with Gasteiger partial charge in [0.25, 0.3) is 15.9 Å². The summed E-state index contributed by atoms with van der Waals surface area (Å²) < 4.78 is 26.6. The lowest BCUT2D eigenvalue weighted by Crippen LogP contribution is -2.30. The largest absolute Gasteiger partial charge is 0.363 e. The third-order valence-corrected chi connectivity index (χ3v) is 4.62. The molecule has 0 aliphatic carbocycles. The summed E-state index contributed by atoms with van der Waals surface area (Å²) in [4.78, 5) is 12.0. The second kappa shape index (κ2) is 7.89. The Bertz CT molecular complexity index is 819. The van der Waals surface area contributed by atoms with E-state index in [2.05, 4.69) is 10.6 Å². The Balaban J connectivity index is 2.09. The van der Waals surface area contributed by atoms with Crippen molar-refractivity contribution in [2.45, 2.75) is 11.8 Å². The molecule has 24 heavy (non-hydrogen) atoms. The van der Waals surface area contributed by atoms with E-state index in [1.54, 1.807) is 42.5 Å². The fourth-order valence-corrected chi connectivity index (χ4v) is 3.12. The number of amides is 1. The molecule has 2 aromatic rings. The molecule has 0 heterocycles. The molecule has 2 rings (SSSR count). The van der Waals surface area contributed by atoms with Gasteiger partial charge in [0.15, 0.2) is 5.11 Å². The molecule has 0 atom stereocenters. The second-order valence-electron chi connectivity index (χ2n) is 4.81. The molecule has 1 amide bonds. The van der Waals surface area contributed by atoms with Gasteiger partial charge in [-0.1, -0.05) is 18.2 Å². The van der Waals surface area contributed by atoms with Gasteiger partial charge in [-0.15, -0.1) is 0 Å². The molecule has 0 aliphatic rings. The molecular formula is C16H17N3O3S2. The molecule has 0 aromatic heterocycles. The topological polar surface area (TPSA) is 87.3 Å². The predicted molar refractivity (Wildman–Crippen MR) is 97.4 cm³/mol. The van der Waals surface area contributed by atoms with Crippen LogP contribution in [-0.2, 0) is 10.0 Å². The van der Waals surface area contributed by atoms with Crippen LogP contribution in [0.25, 0.3) is 0 Å². The third-order valence-electron chi connectivity index (χ3n) is 3.02. The van der Waals surface area contributed by atoms with Crippen LogP contribution in [0.4, 0.5) is 5.69 Å². The summed E-state index contributed by atoms with van der Waals surface area (Å²) >= 11 is 5.06. The summed E-state index contributed by atoms with van der Waals surface area (Å²) in [7, 11) is -3.94. The van der Waals surface area contributed by atoms with E-state index in [4.69, 9.17) is 12.2 Å². The first-order chi connectivity index (χ1) is 11.4. The van der Waals surface area contributed by atoms with Crippen LogP contribution in [0.3, 0.4) is 0 Å². The molecule has 0 spiro atoms. The van der Waals surface area contributed by atoms with Gasteiger partial charge in [0.2, 0.25) is 0 Å². The van der Waals surface area contributed by atoms with Gasteiger partial charge in [0.1, 0.15) is 0 Å². The van der Waals surface area contributed by atoms with E-state index in [9.17, 15) is 13.2 Å². The highest BCUT2D eigenvalue weighted by molar-refractivity contribution is 7.90. The van der Waals surface area contributed by atoms with E-state index >= 15 is 0 Å². The Labute approximate surface area is 146 Å². The van der Waals surface area contributed by atoms with Crippen LogP contribution in [0, 0.1) is 0 Å². The van der Waals surface area contributed by atoms with Gasteiger partial charge in [0, 0.05) is 17.8 Å². The van der Waals surface area contributed by atoms with Crippen molar-refractivity contribution >= 4 is 38.9 Å². The van der Waals surface area contributed by atoms with Crippen molar-refractivity contribution in [2.24, 2.45) is 0 Å². The number of thiocarbonyl (C=S) groups is 1. The molecule has 0 saturated heterocycles. The van der Waals surface area contributed by atoms with Crippen molar-refractivity contribution < 1.29 is 13.2 Å².